The van der Waals surface area contributed by atoms with Gasteiger partial charge in [-0.3, -0.25) is 0 Å². The molecule has 0 aromatic heterocycles. The van der Waals surface area contributed by atoms with E-state index in [4.69, 9.17) is 19.5 Å². The fraction of sp³-hybridized carbons (Fsp3) is 0.364. The summed E-state index contributed by atoms with van der Waals surface area (Å²) in [6.07, 6.45) is -0.501. The van der Waals surface area contributed by atoms with Crippen molar-refractivity contribution in [2.45, 2.75) is 6.29 Å². The molecule has 5 heteroatoms. The van der Waals surface area contributed by atoms with E-state index in [0.29, 0.717) is 5.75 Å². The Morgan fingerprint density at radius 2 is 2.06 bits per heavy atom. The van der Waals surface area contributed by atoms with Crippen LogP contribution in [0.15, 0.2) is 18.2 Å². The van der Waals surface area contributed by atoms with Gasteiger partial charge in [0.25, 0.3) is 0 Å². The number of nitrogens with zero attached hydrogens (tertiary/aromatic N) is 1. The standard InChI is InChI=1S/C11H12FNO3/c1-14-11(15-2)7-16-9-4-3-8(6-13)10(12)5-9/h3-5,11H,7H2,1-2H3. The largest absolute Gasteiger partial charge is 0.488 e. The van der Waals surface area contributed by atoms with Gasteiger partial charge in [-0.15, -0.1) is 0 Å². The Morgan fingerprint density at radius 3 is 2.56 bits per heavy atom. The fourth-order valence-electron chi connectivity index (χ4n) is 1.07. The van der Waals surface area contributed by atoms with E-state index in [-0.39, 0.29) is 12.2 Å². The Balaban J connectivity index is 2.62. The van der Waals surface area contributed by atoms with E-state index < -0.39 is 12.1 Å². The Bertz CT molecular complexity index is 385. The molecule has 0 unspecified atom stereocenters. The van der Waals surface area contributed by atoms with Crippen LogP contribution in [-0.4, -0.2) is 27.1 Å². The molecule has 1 rings (SSSR count). The molecule has 0 aliphatic rings. The third-order valence-corrected chi connectivity index (χ3v) is 1.97. The summed E-state index contributed by atoms with van der Waals surface area (Å²) in [6, 6.07) is 5.76. The van der Waals surface area contributed by atoms with Crippen LogP contribution in [0.1, 0.15) is 5.56 Å². The van der Waals surface area contributed by atoms with Crippen molar-refractivity contribution in [1.29, 1.82) is 5.26 Å². The Labute approximate surface area is 93.2 Å². The zero-order valence-electron chi connectivity index (χ0n) is 9.07. The lowest BCUT2D eigenvalue weighted by atomic mass is 10.2. The van der Waals surface area contributed by atoms with E-state index in [1.165, 1.54) is 26.4 Å². The third kappa shape index (κ3) is 3.19. The molecule has 0 saturated carbocycles. The fourth-order valence-corrected chi connectivity index (χ4v) is 1.07. The highest BCUT2D eigenvalue weighted by Gasteiger charge is 2.07. The molecule has 0 saturated heterocycles. The van der Waals surface area contributed by atoms with Crippen LogP contribution in [0.4, 0.5) is 4.39 Å². The van der Waals surface area contributed by atoms with Crippen molar-refractivity contribution in [3.8, 4) is 11.8 Å². The molecular formula is C11H12FNO3. The van der Waals surface area contributed by atoms with Crippen LogP contribution >= 0.6 is 0 Å². The summed E-state index contributed by atoms with van der Waals surface area (Å²) < 4.78 is 28.2. The summed E-state index contributed by atoms with van der Waals surface area (Å²) in [6.45, 7) is 0.151. The summed E-state index contributed by atoms with van der Waals surface area (Å²) >= 11 is 0. The van der Waals surface area contributed by atoms with Crippen LogP contribution in [0.5, 0.6) is 5.75 Å². The van der Waals surface area contributed by atoms with E-state index in [9.17, 15) is 4.39 Å². The van der Waals surface area contributed by atoms with Gasteiger partial charge < -0.3 is 14.2 Å². The van der Waals surface area contributed by atoms with E-state index in [2.05, 4.69) is 0 Å². The lowest BCUT2D eigenvalue weighted by molar-refractivity contribution is -0.122. The maximum atomic E-state index is 13.2. The van der Waals surface area contributed by atoms with Crippen LogP contribution in [0.3, 0.4) is 0 Å². The van der Waals surface area contributed by atoms with Crippen molar-refractivity contribution >= 4 is 0 Å². The normalized spacial score (nSPS) is 10.2. The number of halogens is 1. The van der Waals surface area contributed by atoms with Gasteiger partial charge in [-0.25, -0.2) is 4.39 Å². The van der Waals surface area contributed by atoms with E-state index in [0.717, 1.165) is 6.07 Å². The molecular weight excluding hydrogens is 213 g/mol. The molecule has 1 aromatic carbocycles. The molecule has 0 aliphatic carbocycles. The van der Waals surface area contributed by atoms with Gasteiger partial charge in [0.05, 0.1) is 5.56 Å². The molecule has 0 spiro atoms. The Hall–Kier alpha value is -1.64. The zero-order valence-corrected chi connectivity index (χ0v) is 9.07. The van der Waals surface area contributed by atoms with Crippen molar-refractivity contribution in [3.05, 3.63) is 29.6 Å². The third-order valence-electron chi connectivity index (χ3n) is 1.97. The highest BCUT2D eigenvalue weighted by Crippen LogP contribution is 2.16. The smallest absolute Gasteiger partial charge is 0.191 e. The van der Waals surface area contributed by atoms with E-state index in [1.54, 1.807) is 6.07 Å². The first kappa shape index (κ1) is 12.4. The van der Waals surface area contributed by atoms with E-state index >= 15 is 0 Å². The van der Waals surface area contributed by atoms with Gasteiger partial charge in [-0.2, -0.15) is 5.26 Å². The van der Waals surface area contributed by atoms with Crippen LogP contribution in [0.2, 0.25) is 0 Å². The summed E-state index contributed by atoms with van der Waals surface area (Å²) in [5.74, 6) is -0.276. The molecule has 0 fully saturated rings. The highest BCUT2D eigenvalue weighted by atomic mass is 19.1. The van der Waals surface area contributed by atoms with Crippen molar-refractivity contribution in [1.82, 2.24) is 0 Å². The first-order valence-electron chi connectivity index (χ1n) is 4.59. The molecule has 0 amide bonds. The van der Waals surface area contributed by atoms with Crippen molar-refractivity contribution in [3.63, 3.8) is 0 Å². The molecule has 86 valence electrons. The number of benzene rings is 1. The number of ether oxygens (including phenoxy) is 3. The minimum atomic E-state index is -0.605. The number of rotatable bonds is 5. The SMILES string of the molecule is COC(COc1ccc(C#N)c(F)c1)OC. The van der Waals surface area contributed by atoms with Gasteiger partial charge in [0.2, 0.25) is 0 Å². The summed E-state index contributed by atoms with van der Waals surface area (Å²) in [5.41, 5.74) is -0.0117. The number of hydrogen-bond acceptors (Lipinski definition) is 4. The van der Waals surface area contributed by atoms with Gasteiger partial charge in [-0.1, -0.05) is 0 Å². The predicted octanol–water partition coefficient (Wildman–Crippen LogP) is 1.70. The molecule has 16 heavy (non-hydrogen) atoms. The molecule has 0 N–H and O–H groups in total. The first-order valence-corrected chi connectivity index (χ1v) is 4.59. The van der Waals surface area contributed by atoms with Crippen LogP contribution in [-0.2, 0) is 9.47 Å². The maximum absolute atomic E-state index is 13.2. The molecule has 4 nitrogen and oxygen atoms in total. The van der Waals surface area contributed by atoms with Crippen molar-refractivity contribution in [2.24, 2.45) is 0 Å². The molecule has 0 bridgehead atoms. The zero-order chi connectivity index (χ0) is 12.0. The number of methoxy groups -OCH3 is 2. The second-order valence-corrected chi connectivity index (χ2v) is 2.97. The van der Waals surface area contributed by atoms with Gasteiger partial charge in [0, 0.05) is 20.3 Å². The predicted molar refractivity (Wildman–Crippen MR) is 54.4 cm³/mol. The molecule has 0 atom stereocenters. The summed E-state index contributed by atoms with van der Waals surface area (Å²) in [4.78, 5) is 0. The maximum Gasteiger partial charge on any atom is 0.191 e. The minimum absolute atomic E-state index is 0.0117. The van der Waals surface area contributed by atoms with Gasteiger partial charge in [-0.05, 0) is 12.1 Å². The molecule has 1 aromatic rings. The van der Waals surface area contributed by atoms with E-state index in [1.807, 2.05) is 0 Å². The Morgan fingerprint density at radius 1 is 1.38 bits per heavy atom. The van der Waals surface area contributed by atoms with Crippen LogP contribution in [0, 0.1) is 17.1 Å². The minimum Gasteiger partial charge on any atom is -0.488 e. The lowest BCUT2D eigenvalue weighted by Crippen LogP contribution is -2.22. The van der Waals surface area contributed by atoms with Crippen LogP contribution < -0.4 is 4.74 Å². The van der Waals surface area contributed by atoms with Gasteiger partial charge in [0.15, 0.2) is 6.29 Å². The summed E-state index contributed by atoms with van der Waals surface area (Å²) in [5, 5.41) is 8.53. The molecule has 0 radical (unpaired) electrons. The number of hydrogen-bond donors (Lipinski definition) is 0. The second-order valence-electron chi connectivity index (χ2n) is 2.97. The van der Waals surface area contributed by atoms with Crippen LogP contribution in [0.25, 0.3) is 0 Å². The monoisotopic (exact) mass is 225 g/mol. The average molecular weight is 225 g/mol. The van der Waals surface area contributed by atoms with Gasteiger partial charge in [0.1, 0.15) is 24.2 Å². The lowest BCUT2D eigenvalue weighted by Gasteiger charge is -2.14. The molecule has 0 heterocycles. The van der Waals surface area contributed by atoms with Crippen molar-refractivity contribution in [2.75, 3.05) is 20.8 Å². The van der Waals surface area contributed by atoms with Crippen molar-refractivity contribution < 1.29 is 18.6 Å². The Kier molecular flexibility index (Phi) is 4.70. The first-order chi connectivity index (χ1) is 7.71. The topological polar surface area (TPSA) is 51.5 Å². The summed E-state index contributed by atoms with van der Waals surface area (Å²) in [7, 11) is 2.97. The van der Waals surface area contributed by atoms with Gasteiger partial charge >= 0.3 is 0 Å². The quantitative estimate of drug-likeness (QED) is 0.715. The highest BCUT2D eigenvalue weighted by molar-refractivity contribution is 5.36. The number of nitriles is 1. The second kappa shape index (κ2) is 6.05. The molecule has 0 aliphatic heterocycles. The average Bonchev–Trinajstić information content (AvgIpc) is 2.30.